The van der Waals surface area contributed by atoms with E-state index in [1.807, 2.05) is 0 Å². The van der Waals surface area contributed by atoms with Crippen molar-refractivity contribution in [2.45, 2.75) is 24.2 Å². The number of hydrogen-bond donors (Lipinski definition) is 1. The van der Waals surface area contributed by atoms with Crippen molar-refractivity contribution in [2.75, 3.05) is 19.6 Å². The zero-order chi connectivity index (χ0) is 14.8. The summed E-state index contributed by atoms with van der Waals surface area (Å²) < 4.78 is 40.1. The van der Waals surface area contributed by atoms with Gasteiger partial charge in [0, 0.05) is 17.6 Å². The summed E-state index contributed by atoms with van der Waals surface area (Å²) in [5, 5.41) is 0. The molecular formula is C13H19BrClFN2O2S. The van der Waals surface area contributed by atoms with Gasteiger partial charge in [-0.3, -0.25) is 0 Å². The van der Waals surface area contributed by atoms with Crippen LogP contribution in [0.4, 0.5) is 4.39 Å². The van der Waals surface area contributed by atoms with Gasteiger partial charge in [-0.2, -0.15) is 4.31 Å². The fourth-order valence-corrected chi connectivity index (χ4v) is 5.10. The summed E-state index contributed by atoms with van der Waals surface area (Å²) in [7, 11) is -3.58. The summed E-state index contributed by atoms with van der Waals surface area (Å²) in [6.45, 7) is 1.56. The molecule has 1 aliphatic heterocycles. The number of nitrogens with zero attached hydrogens (tertiary/aromatic N) is 1. The molecule has 120 valence electrons. The van der Waals surface area contributed by atoms with Gasteiger partial charge in [0.2, 0.25) is 10.0 Å². The second-order valence-electron chi connectivity index (χ2n) is 5.02. The van der Waals surface area contributed by atoms with E-state index in [2.05, 4.69) is 15.9 Å². The predicted molar refractivity (Wildman–Crippen MR) is 86.5 cm³/mol. The average molecular weight is 402 g/mol. The highest BCUT2D eigenvalue weighted by atomic mass is 79.9. The minimum absolute atomic E-state index is 0. The molecule has 0 amide bonds. The number of rotatable bonds is 4. The van der Waals surface area contributed by atoms with E-state index in [1.54, 1.807) is 0 Å². The third kappa shape index (κ3) is 4.39. The molecule has 1 atom stereocenters. The highest BCUT2D eigenvalue weighted by Gasteiger charge is 2.31. The van der Waals surface area contributed by atoms with Crippen molar-refractivity contribution >= 4 is 38.4 Å². The maximum atomic E-state index is 13.1. The monoisotopic (exact) mass is 400 g/mol. The van der Waals surface area contributed by atoms with Gasteiger partial charge in [-0.1, -0.05) is 0 Å². The summed E-state index contributed by atoms with van der Waals surface area (Å²) in [6.07, 6.45) is 2.67. The van der Waals surface area contributed by atoms with Crippen molar-refractivity contribution in [3.05, 3.63) is 28.5 Å². The van der Waals surface area contributed by atoms with Crippen molar-refractivity contribution in [3.63, 3.8) is 0 Å². The molecule has 0 aromatic heterocycles. The quantitative estimate of drug-likeness (QED) is 0.844. The molecule has 0 radical (unpaired) electrons. The highest BCUT2D eigenvalue weighted by Crippen LogP contribution is 2.29. The van der Waals surface area contributed by atoms with E-state index >= 15 is 0 Å². The second-order valence-corrected chi connectivity index (χ2v) is 7.78. The average Bonchev–Trinajstić information content (AvgIpc) is 2.39. The molecule has 1 aliphatic rings. The molecule has 1 aromatic carbocycles. The lowest BCUT2D eigenvalue weighted by atomic mass is 9.96. The van der Waals surface area contributed by atoms with E-state index < -0.39 is 15.8 Å². The van der Waals surface area contributed by atoms with Crippen LogP contribution >= 0.6 is 28.3 Å². The largest absolute Gasteiger partial charge is 0.330 e. The Morgan fingerprint density at radius 3 is 2.76 bits per heavy atom. The smallest absolute Gasteiger partial charge is 0.244 e. The first-order valence-electron chi connectivity index (χ1n) is 6.60. The molecule has 0 spiro atoms. The summed E-state index contributed by atoms with van der Waals surface area (Å²) in [4.78, 5) is 0.118. The first kappa shape index (κ1) is 18.8. The van der Waals surface area contributed by atoms with Gasteiger partial charge in [0.05, 0.1) is 4.90 Å². The van der Waals surface area contributed by atoms with Crippen LogP contribution in [0.15, 0.2) is 27.6 Å². The van der Waals surface area contributed by atoms with Crippen LogP contribution in [0.5, 0.6) is 0 Å². The van der Waals surface area contributed by atoms with Crippen molar-refractivity contribution in [1.29, 1.82) is 0 Å². The van der Waals surface area contributed by atoms with Gasteiger partial charge in [-0.25, -0.2) is 12.8 Å². The maximum Gasteiger partial charge on any atom is 0.244 e. The van der Waals surface area contributed by atoms with Gasteiger partial charge in [-0.15, -0.1) is 12.4 Å². The minimum Gasteiger partial charge on any atom is -0.330 e. The third-order valence-electron chi connectivity index (χ3n) is 3.57. The Morgan fingerprint density at radius 1 is 1.43 bits per heavy atom. The zero-order valence-electron chi connectivity index (χ0n) is 11.5. The molecule has 4 nitrogen and oxygen atoms in total. The summed E-state index contributed by atoms with van der Waals surface area (Å²) in [5.74, 6) is -0.154. The lowest BCUT2D eigenvalue weighted by molar-refractivity contribution is 0.258. The Balaban J connectivity index is 0.00000220. The molecular weight excluding hydrogens is 383 g/mol. The number of hydrogen-bond acceptors (Lipinski definition) is 3. The number of nitrogens with two attached hydrogens (primary N) is 1. The van der Waals surface area contributed by atoms with Gasteiger partial charge in [0.25, 0.3) is 0 Å². The van der Waals surface area contributed by atoms with Crippen molar-refractivity contribution in [2.24, 2.45) is 11.7 Å². The SMILES string of the molecule is Cl.NCCC1CCCN(S(=O)(=O)c2ccc(F)cc2Br)C1. The fraction of sp³-hybridized carbons (Fsp3) is 0.538. The Labute approximate surface area is 139 Å². The van der Waals surface area contributed by atoms with Crippen LogP contribution in [0, 0.1) is 11.7 Å². The van der Waals surface area contributed by atoms with Crippen LogP contribution < -0.4 is 5.73 Å². The third-order valence-corrected chi connectivity index (χ3v) is 6.41. The van der Waals surface area contributed by atoms with Crippen LogP contribution in [0.25, 0.3) is 0 Å². The number of sulfonamides is 1. The second kappa shape index (κ2) is 7.87. The van der Waals surface area contributed by atoms with Gasteiger partial charge in [0.1, 0.15) is 5.82 Å². The minimum atomic E-state index is -3.58. The van der Waals surface area contributed by atoms with E-state index in [-0.39, 0.29) is 21.8 Å². The normalized spacial score (nSPS) is 20.0. The summed E-state index contributed by atoms with van der Waals surface area (Å²) in [5.41, 5.74) is 5.55. The molecule has 8 heteroatoms. The van der Waals surface area contributed by atoms with Crippen molar-refractivity contribution in [1.82, 2.24) is 4.31 Å². The van der Waals surface area contributed by atoms with Crippen molar-refractivity contribution < 1.29 is 12.8 Å². The molecule has 1 saturated heterocycles. The van der Waals surface area contributed by atoms with E-state index in [4.69, 9.17) is 5.73 Å². The van der Waals surface area contributed by atoms with Gasteiger partial charge >= 0.3 is 0 Å². The van der Waals surface area contributed by atoms with Gasteiger partial charge in [-0.05, 0) is 65.9 Å². The Morgan fingerprint density at radius 2 is 2.14 bits per heavy atom. The molecule has 1 unspecified atom stereocenters. The Bertz CT molecular complexity index is 584. The molecule has 21 heavy (non-hydrogen) atoms. The molecule has 0 bridgehead atoms. The molecule has 1 fully saturated rings. The standard InChI is InChI=1S/C13H18BrFN2O2S.ClH/c14-12-8-11(15)3-4-13(12)20(18,19)17-7-1-2-10(9-17)5-6-16;/h3-4,8,10H,1-2,5-7,9,16H2;1H. The van der Waals surface area contributed by atoms with E-state index in [9.17, 15) is 12.8 Å². The lowest BCUT2D eigenvalue weighted by Crippen LogP contribution is -2.40. The Kier molecular flexibility index (Phi) is 7.06. The first-order valence-corrected chi connectivity index (χ1v) is 8.83. The zero-order valence-corrected chi connectivity index (χ0v) is 14.7. The molecule has 2 rings (SSSR count). The molecule has 2 N–H and O–H groups in total. The molecule has 1 aromatic rings. The maximum absolute atomic E-state index is 13.1. The van der Waals surface area contributed by atoms with Crippen LogP contribution in [0.1, 0.15) is 19.3 Å². The van der Waals surface area contributed by atoms with Gasteiger partial charge in [0.15, 0.2) is 0 Å². The molecule has 1 heterocycles. The van der Waals surface area contributed by atoms with Crippen LogP contribution in [-0.2, 0) is 10.0 Å². The number of piperidine rings is 1. The lowest BCUT2D eigenvalue weighted by Gasteiger charge is -2.32. The van der Waals surface area contributed by atoms with Crippen molar-refractivity contribution in [3.8, 4) is 0 Å². The van der Waals surface area contributed by atoms with Crippen LogP contribution in [-0.4, -0.2) is 32.4 Å². The van der Waals surface area contributed by atoms with Gasteiger partial charge < -0.3 is 5.73 Å². The first-order chi connectivity index (χ1) is 9.45. The van der Waals surface area contributed by atoms with Crippen LogP contribution in [0.2, 0.25) is 0 Å². The number of benzene rings is 1. The Hall–Kier alpha value is -0.210. The van der Waals surface area contributed by atoms with E-state index in [0.29, 0.717) is 25.6 Å². The summed E-state index contributed by atoms with van der Waals surface area (Å²) in [6, 6.07) is 3.65. The van der Waals surface area contributed by atoms with E-state index in [0.717, 1.165) is 19.3 Å². The van der Waals surface area contributed by atoms with Crippen LogP contribution in [0.3, 0.4) is 0 Å². The topological polar surface area (TPSA) is 63.4 Å². The number of halogens is 3. The fourth-order valence-electron chi connectivity index (χ4n) is 2.54. The highest BCUT2D eigenvalue weighted by molar-refractivity contribution is 9.10. The summed E-state index contributed by atoms with van der Waals surface area (Å²) >= 11 is 3.13. The predicted octanol–water partition coefficient (Wildman–Crippen LogP) is 2.76. The molecule has 0 saturated carbocycles. The molecule has 0 aliphatic carbocycles. The van der Waals surface area contributed by atoms with E-state index in [1.165, 1.54) is 22.5 Å².